The number of aromatic nitrogens is 2. The maximum atomic E-state index is 13.9. The van der Waals surface area contributed by atoms with Gasteiger partial charge in [0.15, 0.2) is 11.6 Å². The Balaban J connectivity index is 2.28. The van der Waals surface area contributed by atoms with E-state index in [9.17, 15) is 9.18 Å². The molecule has 2 N–H and O–H groups in total. The largest absolute Gasteiger partial charge is 0.488 e. The smallest absolute Gasteiger partial charge is 0.248 e. The van der Waals surface area contributed by atoms with Gasteiger partial charge in [-0.2, -0.15) is 0 Å². The molecule has 2 heterocycles. The van der Waals surface area contributed by atoms with Gasteiger partial charge in [-0.3, -0.25) is 4.79 Å². The number of imidazole rings is 1. The second-order valence-electron chi connectivity index (χ2n) is 4.02. The van der Waals surface area contributed by atoms with Crippen molar-refractivity contribution in [2.45, 2.75) is 6.54 Å². The van der Waals surface area contributed by atoms with Crippen molar-refractivity contribution < 1.29 is 13.9 Å². The summed E-state index contributed by atoms with van der Waals surface area (Å²) in [5.74, 6) is -1.12. The summed E-state index contributed by atoms with van der Waals surface area (Å²) in [6.45, 7) is 0.929. The summed E-state index contributed by atoms with van der Waals surface area (Å²) in [5.41, 5.74) is 6.51. The summed E-state index contributed by atoms with van der Waals surface area (Å²) in [5, 5.41) is 0. The SMILES string of the molecule is NC(=O)c1cc(F)c2c(c1)-c1cncn1CCO2. The van der Waals surface area contributed by atoms with Crippen molar-refractivity contribution in [3.8, 4) is 17.0 Å². The van der Waals surface area contributed by atoms with Crippen molar-refractivity contribution in [3.05, 3.63) is 36.0 Å². The fraction of sp³-hybridized carbons (Fsp3) is 0.167. The summed E-state index contributed by atoms with van der Waals surface area (Å²) in [4.78, 5) is 15.2. The predicted octanol–water partition coefficient (Wildman–Crippen LogP) is 1.18. The monoisotopic (exact) mass is 247 g/mol. The Hall–Kier alpha value is -2.37. The van der Waals surface area contributed by atoms with E-state index in [1.807, 2.05) is 4.57 Å². The van der Waals surface area contributed by atoms with Crippen LogP contribution in [-0.4, -0.2) is 22.1 Å². The predicted molar refractivity (Wildman–Crippen MR) is 61.6 cm³/mol. The van der Waals surface area contributed by atoms with E-state index >= 15 is 0 Å². The van der Waals surface area contributed by atoms with E-state index < -0.39 is 11.7 Å². The lowest BCUT2D eigenvalue weighted by Crippen LogP contribution is -2.12. The molecule has 0 aliphatic carbocycles. The Morgan fingerprint density at radius 3 is 3.11 bits per heavy atom. The first kappa shape index (κ1) is 10.8. The highest BCUT2D eigenvalue weighted by molar-refractivity contribution is 5.94. The number of nitrogens with zero attached hydrogens (tertiary/aromatic N) is 2. The van der Waals surface area contributed by atoms with E-state index in [4.69, 9.17) is 10.5 Å². The van der Waals surface area contributed by atoms with E-state index in [-0.39, 0.29) is 11.3 Å². The van der Waals surface area contributed by atoms with Crippen LogP contribution in [0.2, 0.25) is 0 Å². The van der Waals surface area contributed by atoms with Crippen LogP contribution in [0.3, 0.4) is 0 Å². The van der Waals surface area contributed by atoms with Crippen LogP contribution in [0.1, 0.15) is 10.4 Å². The molecule has 0 saturated heterocycles. The van der Waals surface area contributed by atoms with Crippen LogP contribution in [0.5, 0.6) is 5.75 Å². The first-order valence-electron chi connectivity index (χ1n) is 5.43. The molecule has 1 amide bonds. The Bertz CT molecular complexity index is 636. The van der Waals surface area contributed by atoms with Crippen LogP contribution in [0.15, 0.2) is 24.7 Å². The lowest BCUT2D eigenvalue weighted by Gasteiger charge is -2.09. The van der Waals surface area contributed by atoms with E-state index in [1.54, 1.807) is 12.5 Å². The summed E-state index contributed by atoms with van der Waals surface area (Å²) in [7, 11) is 0. The second kappa shape index (κ2) is 3.83. The average Bonchev–Trinajstić information content (AvgIpc) is 2.72. The molecule has 0 atom stereocenters. The number of nitrogens with two attached hydrogens (primary N) is 1. The molecule has 2 aromatic rings. The van der Waals surface area contributed by atoms with Crippen molar-refractivity contribution in [1.29, 1.82) is 0 Å². The molecule has 1 aromatic heterocycles. The van der Waals surface area contributed by atoms with Gasteiger partial charge in [0.2, 0.25) is 5.91 Å². The first-order valence-corrected chi connectivity index (χ1v) is 5.43. The van der Waals surface area contributed by atoms with Gasteiger partial charge in [0.05, 0.1) is 24.8 Å². The van der Waals surface area contributed by atoms with Gasteiger partial charge in [-0.05, 0) is 12.1 Å². The molecule has 0 spiro atoms. The van der Waals surface area contributed by atoms with Crippen LogP contribution >= 0.6 is 0 Å². The van der Waals surface area contributed by atoms with Crippen LogP contribution < -0.4 is 10.5 Å². The molecule has 0 fully saturated rings. The van der Waals surface area contributed by atoms with Gasteiger partial charge in [0, 0.05) is 11.1 Å². The lowest BCUT2D eigenvalue weighted by atomic mass is 10.1. The number of hydrogen-bond donors (Lipinski definition) is 1. The minimum Gasteiger partial charge on any atom is -0.488 e. The van der Waals surface area contributed by atoms with Crippen molar-refractivity contribution in [1.82, 2.24) is 9.55 Å². The molecule has 3 rings (SSSR count). The molecule has 0 radical (unpaired) electrons. The maximum Gasteiger partial charge on any atom is 0.248 e. The van der Waals surface area contributed by atoms with E-state index in [0.717, 1.165) is 6.07 Å². The third kappa shape index (κ3) is 1.54. The Morgan fingerprint density at radius 2 is 2.33 bits per heavy atom. The normalized spacial score (nSPS) is 13.2. The zero-order valence-corrected chi connectivity index (χ0v) is 9.39. The van der Waals surface area contributed by atoms with Gasteiger partial charge in [-0.25, -0.2) is 9.37 Å². The topological polar surface area (TPSA) is 70.1 Å². The number of fused-ring (bicyclic) bond motifs is 3. The number of primary amides is 1. The Labute approximate surface area is 102 Å². The number of hydrogen-bond acceptors (Lipinski definition) is 3. The third-order valence-corrected chi connectivity index (χ3v) is 2.89. The zero-order valence-electron chi connectivity index (χ0n) is 9.39. The zero-order chi connectivity index (χ0) is 12.7. The molecular weight excluding hydrogens is 237 g/mol. The van der Waals surface area contributed by atoms with Gasteiger partial charge < -0.3 is 15.0 Å². The van der Waals surface area contributed by atoms with Gasteiger partial charge in [0.1, 0.15) is 6.61 Å². The van der Waals surface area contributed by atoms with E-state index in [2.05, 4.69) is 4.98 Å². The summed E-state index contributed by atoms with van der Waals surface area (Å²) < 4.78 is 21.1. The van der Waals surface area contributed by atoms with Gasteiger partial charge in [0.25, 0.3) is 0 Å². The second-order valence-corrected chi connectivity index (χ2v) is 4.02. The molecule has 92 valence electrons. The van der Waals surface area contributed by atoms with Crippen molar-refractivity contribution in [2.24, 2.45) is 5.73 Å². The molecule has 0 unspecified atom stereocenters. The number of carbonyl (C=O) groups excluding carboxylic acids is 1. The minimum absolute atomic E-state index is 0.115. The highest BCUT2D eigenvalue weighted by Crippen LogP contribution is 2.35. The van der Waals surface area contributed by atoms with Gasteiger partial charge >= 0.3 is 0 Å². The fourth-order valence-electron chi connectivity index (χ4n) is 2.04. The summed E-state index contributed by atoms with van der Waals surface area (Å²) in [6, 6.07) is 2.62. The van der Waals surface area contributed by atoms with Crippen molar-refractivity contribution in [3.63, 3.8) is 0 Å². The Morgan fingerprint density at radius 1 is 1.50 bits per heavy atom. The minimum atomic E-state index is -0.674. The molecule has 1 aliphatic rings. The van der Waals surface area contributed by atoms with Crippen molar-refractivity contribution >= 4 is 5.91 Å². The van der Waals surface area contributed by atoms with E-state index in [0.29, 0.717) is 24.4 Å². The molecule has 18 heavy (non-hydrogen) atoms. The van der Waals surface area contributed by atoms with Gasteiger partial charge in [-0.15, -0.1) is 0 Å². The summed E-state index contributed by atoms with van der Waals surface area (Å²) >= 11 is 0. The number of rotatable bonds is 1. The molecule has 6 heteroatoms. The maximum absolute atomic E-state index is 13.9. The highest BCUT2D eigenvalue weighted by Gasteiger charge is 2.21. The lowest BCUT2D eigenvalue weighted by molar-refractivity contribution is 0.1000. The highest BCUT2D eigenvalue weighted by atomic mass is 19.1. The standard InChI is InChI=1S/C12H10FN3O2/c13-9-4-7(12(14)17)3-8-10-5-15-6-16(10)1-2-18-11(8)9/h3-6H,1-2H2,(H2,14,17). The Kier molecular flexibility index (Phi) is 2.29. The number of carbonyl (C=O) groups is 1. The van der Waals surface area contributed by atoms with E-state index in [1.165, 1.54) is 6.07 Å². The molecule has 0 saturated carbocycles. The third-order valence-electron chi connectivity index (χ3n) is 2.89. The molecule has 5 nitrogen and oxygen atoms in total. The first-order chi connectivity index (χ1) is 8.66. The van der Waals surface area contributed by atoms with Crippen LogP contribution in [0, 0.1) is 5.82 Å². The molecule has 1 aliphatic heterocycles. The van der Waals surface area contributed by atoms with Crippen LogP contribution in [-0.2, 0) is 6.54 Å². The fourth-order valence-corrected chi connectivity index (χ4v) is 2.04. The van der Waals surface area contributed by atoms with Crippen LogP contribution in [0.4, 0.5) is 4.39 Å². The number of halogens is 1. The summed E-state index contributed by atoms with van der Waals surface area (Å²) in [6.07, 6.45) is 3.25. The number of ether oxygens (including phenoxy) is 1. The molecule has 0 bridgehead atoms. The average molecular weight is 247 g/mol. The van der Waals surface area contributed by atoms with Crippen molar-refractivity contribution in [2.75, 3.05) is 6.61 Å². The number of amides is 1. The quantitative estimate of drug-likeness (QED) is 0.822. The molecular formula is C12H10FN3O2. The number of benzene rings is 1. The molecule has 1 aromatic carbocycles. The van der Waals surface area contributed by atoms with Crippen LogP contribution in [0.25, 0.3) is 11.3 Å². The van der Waals surface area contributed by atoms with Gasteiger partial charge in [-0.1, -0.05) is 0 Å².